The van der Waals surface area contributed by atoms with Crippen LogP contribution >= 0.6 is 0 Å². The standard InChI is InChI=1S/C40H64N4O14/c1-4-33(45)53-27-29-56-36(48)21-15-9-7-11-17-23-41-38(50)44(26-20-14-13-19-25-43-40(52)58-32-31-55-35(47)6-3)39(51)42-24-18-12-8-10-16-22-37(49)57-30-28-54-34(46)5-2/h4-6H,1-3,7-32H2,(H,41,50)(H,42,51)(H,43,52). The molecule has 0 saturated carbocycles. The van der Waals surface area contributed by atoms with Gasteiger partial charge in [0.1, 0.15) is 39.6 Å². The van der Waals surface area contributed by atoms with Gasteiger partial charge in [0.05, 0.1) is 0 Å². The minimum Gasteiger partial charge on any atom is -0.462 e. The third-order valence-corrected chi connectivity index (χ3v) is 7.98. The van der Waals surface area contributed by atoms with Crippen molar-refractivity contribution in [3.05, 3.63) is 38.0 Å². The molecule has 5 amide bonds. The van der Waals surface area contributed by atoms with E-state index >= 15 is 0 Å². The van der Waals surface area contributed by atoms with Crippen LogP contribution in [0.1, 0.15) is 103 Å². The molecule has 0 fully saturated rings. The Hall–Kier alpha value is -5.42. The second-order valence-electron chi connectivity index (χ2n) is 12.7. The minimum absolute atomic E-state index is 0.00830. The first kappa shape index (κ1) is 52.6. The van der Waals surface area contributed by atoms with Crippen LogP contribution in [-0.4, -0.2) is 119 Å². The molecule has 0 aliphatic rings. The van der Waals surface area contributed by atoms with Crippen LogP contribution in [0.15, 0.2) is 38.0 Å². The first-order valence-corrected chi connectivity index (χ1v) is 20.0. The molecule has 0 saturated heterocycles. The maximum absolute atomic E-state index is 13.1. The monoisotopic (exact) mass is 824 g/mol. The number of alkyl carbamates (subject to hydrolysis) is 1. The Morgan fingerprint density at radius 2 is 0.724 bits per heavy atom. The van der Waals surface area contributed by atoms with Gasteiger partial charge in [0, 0.05) is 57.2 Å². The van der Waals surface area contributed by atoms with Gasteiger partial charge in [0.2, 0.25) is 0 Å². The summed E-state index contributed by atoms with van der Waals surface area (Å²) in [4.78, 5) is 95.6. The predicted molar refractivity (Wildman–Crippen MR) is 212 cm³/mol. The number of nitrogens with one attached hydrogen (secondary N) is 3. The van der Waals surface area contributed by atoms with Gasteiger partial charge in [-0.15, -0.1) is 0 Å². The highest BCUT2D eigenvalue weighted by atomic mass is 16.6. The summed E-state index contributed by atoms with van der Waals surface area (Å²) < 4.78 is 29.2. The number of carbonyl (C=O) groups is 8. The van der Waals surface area contributed by atoms with Crippen molar-refractivity contribution in [2.45, 2.75) is 103 Å². The number of imide groups is 1. The summed E-state index contributed by atoms with van der Waals surface area (Å²) in [6, 6.07) is -0.985. The molecule has 18 nitrogen and oxygen atoms in total. The fraction of sp³-hybridized carbons (Fsp3) is 0.650. The summed E-state index contributed by atoms with van der Waals surface area (Å²) in [5.41, 5.74) is 0. The van der Waals surface area contributed by atoms with Gasteiger partial charge >= 0.3 is 48.0 Å². The highest BCUT2D eigenvalue weighted by Gasteiger charge is 2.20. The highest BCUT2D eigenvalue weighted by Crippen LogP contribution is 2.08. The molecule has 0 heterocycles. The normalized spacial score (nSPS) is 10.2. The molecule has 0 bridgehead atoms. The van der Waals surface area contributed by atoms with Gasteiger partial charge < -0.3 is 44.4 Å². The summed E-state index contributed by atoms with van der Waals surface area (Å²) in [5.74, 6) is -2.48. The molecule has 3 N–H and O–H groups in total. The lowest BCUT2D eigenvalue weighted by Gasteiger charge is -2.22. The molecule has 0 atom stereocenters. The number of rotatable bonds is 35. The number of hydrogen-bond acceptors (Lipinski definition) is 14. The number of amides is 5. The van der Waals surface area contributed by atoms with Gasteiger partial charge in [-0.2, -0.15) is 0 Å². The zero-order valence-corrected chi connectivity index (χ0v) is 33.9. The Labute approximate surface area is 341 Å². The molecule has 0 rings (SSSR count). The molecule has 0 radical (unpaired) electrons. The maximum atomic E-state index is 13.1. The molecule has 0 aliphatic heterocycles. The van der Waals surface area contributed by atoms with Crippen LogP contribution in [0.5, 0.6) is 0 Å². The van der Waals surface area contributed by atoms with Crippen LogP contribution in [0.25, 0.3) is 0 Å². The van der Waals surface area contributed by atoms with Gasteiger partial charge in [-0.25, -0.2) is 33.7 Å². The van der Waals surface area contributed by atoms with E-state index in [-0.39, 0.29) is 71.0 Å². The Morgan fingerprint density at radius 1 is 0.397 bits per heavy atom. The lowest BCUT2D eigenvalue weighted by molar-refractivity contribution is -0.149. The zero-order chi connectivity index (χ0) is 43.1. The molecule has 0 aromatic carbocycles. The number of unbranched alkanes of at least 4 members (excludes halogenated alkanes) is 11. The summed E-state index contributed by atoms with van der Waals surface area (Å²) in [5, 5.41) is 8.27. The van der Waals surface area contributed by atoms with E-state index in [0.717, 1.165) is 63.2 Å². The second-order valence-corrected chi connectivity index (χ2v) is 12.7. The average molecular weight is 825 g/mol. The minimum atomic E-state index is -0.626. The quantitative estimate of drug-likeness (QED) is 0.0332. The van der Waals surface area contributed by atoms with E-state index in [9.17, 15) is 38.4 Å². The summed E-state index contributed by atoms with van der Waals surface area (Å²) >= 11 is 0. The second kappa shape index (κ2) is 37.2. The Balaban J connectivity index is 4.49. The Bertz CT molecular complexity index is 1210. The largest absolute Gasteiger partial charge is 0.462 e. The van der Waals surface area contributed by atoms with Crippen LogP contribution in [0.4, 0.5) is 14.4 Å². The van der Waals surface area contributed by atoms with Gasteiger partial charge in [-0.05, 0) is 38.5 Å². The first-order valence-electron chi connectivity index (χ1n) is 20.0. The van der Waals surface area contributed by atoms with E-state index < -0.39 is 36.1 Å². The first-order chi connectivity index (χ1) is 28.0. The van der Waals surface area contributed by atoms with Crippen LogP contribution in [0.3, 0.4) is 0 Å². The van der Waals surface area contributed by atoms with E-state index in [2.05, 4.69) is 35.7 Å². The lowest BCUT2D eigenvalue weighted by Crippen LogP contribution is -2.49. The van der Waals surface area contributed by atoms with Crippen molar-refractivity contribution in [2.75, 3.05) is 65.8 Å². The summed E-state index contributed by atoms with van der Waals surface area (Å²) in [6.45, 7) is 11.0. The Kier molecular flexibility index (Phi) is 33.7. The lowest BCUT2D eigenvalue weighted by atomic mass is 10.1. The van der Waals surface area contributed by atoms with E-state index in [4.69, 9.17) is 28.4 Å². The average Bonchev–Trinajstić information content (AvgIpc) is 3.21. The molecule has 18 heteroatoms. The molecule has 0 unspecified atom stereocenters. The van der Waals surface area contributed by atoms with Gasteiger partial charge in [0.25, 0.3) is 0 Å². The smallest absolute Gasteiger partial charge is 0.407 e. The summed E-state index contributed by atoms with van der Waals surface area (Å²) in [7, 11) is 0. The third kappa shape index (κ3) is 32.8. The molecule has 58 heavy (non-hydrogen) atoms. The van der Waals surface area contributed by atoms with E-state index in [0.29, 0.717) is 64.6 Å². The highest BCUT2D eigenvalue weighted by molar-refractivity contribution is 5.93. The fourth-order valence-electron chi connectivity index (χ4n) is 4.91. The number of esters is 5. The molecule has 328 valence electrons. The number of carbonyl (C=O) groups excluding carboxylic acids is 8. The molecule has 0 aliphatic carbocycles. The van der Waals surface area contributed by atoms with Crippen molar-refractivity contribution in [1.29, 1.82) is 0 Å². The van der Waals surface area contributed by atoms with Gasteiger partial charge in [-0.1, -0.05) is 71.1 Å². The molecular formula is C40H64N4O14. The SMILES string of the molecule is C=CC(=O)OCCOC(=O)CCCCCCCNC(=O)N(CCCCCCNC(=O)OCCOC(=O)C=C)C(=O)NCCCCCCCC(=O)OCCOC(=O)C=C. The zero-order valence-electron chi connectivity index (χ0n) is 33.9. The molecule has 0 aromatic heterocycles. The predicted octanol–water partition coefficient (Wildman–Crippen LogP) is 4.95. The molecule has 0 aromatic rings. The van der Waals surface area contributed by atoms with Crippen molar-refractivity contribution in [2.24, 2.45) is 0 Å². The van der Waals surface area contributed by atoms with Crippen molar-refractivity contribution < 1.29 is 66.8 Å². The van der Waals surface area contributed by atoms with Crippen LogP contribution < -0.4 is 16.0 Å². The van der Waals surface area contributed by atoms with Crippen molar-refractivity contribution in [3.63, 3.8) is 0 Å². The summed E-state index contributed by atoms with van der Waals surface area (Å²) in [6.07, 6.45) is 13.2. The van der Waals surface area contributed by atoms with Gasteiger partial charge in [-0.3, -0.25) is 9.59 Å². The van der Waals surface area contributed by atoms with E-state index in [1.165, 1.54) is 4.90 Å². The van der Waals surface area contributed by atoms with Gasteiger partial charge in [0.15, 0.2) is 0 Å². The number of ether oxygens (including phenoxy) is 6. The number of hydrogen-bond donors (Lipinski definition) is 3. The number of urea groups is 2. The molecular weight excluding hydrogens is 760 g/mol. The van der Waals surface area contributed by atoms with Crippen LogP contribution in [0.2, 0.25) is 0 Å². The van der Waals surface area contributed by atoms with Crippen LogP contribution in [0, 0.1) is 0 Å². The topological polar surface area (TPSA) is 231 Å². The van der Waals surface area contributed by atoms with Crippen molar-refractivity contribution in [3.8, 4) is 0 Å². The van der Waals surface area contributed by atoms with E-state index in [1.54, 1.807) is 0 Å². The fourth-order valence-corrected chi connectivity index (χ4v) is 4.91. The van der Waals surface area contributed by atoms with Crippen molar-refractivity contribution in [1.82, 2.24) is 20.9 Å². The third-order valence-electron chi connectivity index (χ3n) is 7.98. The van der Waals surface area contributed by atoms with Crippen LogP contribution in [-0.2, 0) is 52.4 Å². The number of nitrogens with zero attached hydrogens (tertiary/aromatic N) is 1. The van der Waals surface area contributed by atoms with E-state index in [1.807, 2.05) is 0 Å². The van der Waals surface area contributed by atoms with Crippen molar-refractivity contribution >= 4 is 48.0 Å². The Morgan fingerprint density at radius 3 is 1.14 bits per heavy atom. The maximum Gasteiger partial charge on any atom is 0.407 e. The molecule has 0 spiro atoms.